The monoisotopic (exact) mass is 730 g/mol. The first-order chi connectivity index (χ1) is 25.0. The van der Waals surface area contributed by atoms with E-state index in [1.54, 1.807) is 21.3 Å². The number of hydrogen-bond acceptors (Lipinski definition) is 8. The van der Waals surface area contributed by atoms with Gasteiger partial charge < -0.3 is 29.0 Å². The Balaban J connectivity index is 1.27. The van der Waals surface area contributed by atoms with Crippen molar-refractivity contribution in [1.29, 1.82) is 0 Å². The summed E-state index contributed by atoms with van der Waals surface area (Å²) in [6, 6.07) is 6.48. The molecule has 1 saturated carbocycles. The molecule has 1 aromatic carbocycles. The van der Waals surface area contributed by atoms with Gasteiger partial charge in [-0.25, -0.2) is 13.1 Å². The summed E-state index contributed by atoms with van der Waals surface area (Å²) >= 11 is 0. The molecular formula is C40H50N4O7S. The maximum atomic E-state index is 15.1. The van der Waals surface area contributed by atoms with Gasteiger partial charge in [0.2, 0.25) is 5.91 Å². The second-order valence-corrected chi connectivity index (χ2v) is 17.8. The van der Waals surface area contributed by atoms with Crippen LogP contribution in [0.4, 0.5) is 0 Å². The van der Waals surface area contributed by atoms with E-state index in [9.17, 15) is 13.2 Å². The summed E-state index contributed by atoms with van der Waals surface area (Å²) in [6.07, 6.45) is 10.4. The van der Waals surface area contributed by atoms with Crippen LogP contribution >= 0.6 is 0 Å². The van der Waals surface area contributed by atoms with E-state index in [0.717, 1.165) is 65.0 Å². The number of hydrogen-bond donors (Lipinski definition) is 2. The summed E-state index contributed by atoms with van der Waals surface area (Å²) in [7, 11) is 1.08. The molecule has 2 aromatic rings. The van der Waals surface area contributed by atoms with Gasteiger partial charge in [0.1, 0.15) is 5.75 Å². The number of nitrogens with one attached hydrogen (secondary N) is 2. The van der Waals surface area contributed by atoms with Crippen LogP contribution in [0.5, 0.6) is 5.75 Å². The van der Waals surface area contributed by atoms with E-state index >= 15 is 4.79 Å². The Labute approximate surface area is 306 Å². The summed E-state index contributed by atoms with van der Waals surface area (Å²) < 4.78 is 47.7. The molecule has 6 aliphatic rings. The van der Waals surface area contributed by atoms with Crippen molar-refractivity contribution >= 4 is 32.7 Å². The summed E-state index contributed by atoms with van der Waals surface area (Å²) in [5.74, 6) is -0.219. The van der Waals surface area contributed by atoms with Crippen LogP contribution in [0.25, 0.3) is 10.9 Å². The van der Waals surface area contributed by atoms with Crippen molar-refractivity contribution in [3.05, 3.63) is 75.4 Å². The molecule has 11 nitrogen and oxygen atoms in total. The first-order valence-electron chi connectivity index (χ1n) is 18.5. The van der Waals surface area contributed by atoms with Crippen molar-refractivity contribution < 1.29 is 32.2 Å². The summed E-state index contributed by atoms with van der Waals surface area (Å²) in [5.41, 5.74) is 5.67. The van der Waals surface area contributed by atoms with Crippen molar-refractivity contribution in [2.45, 2.75) is 63.8 Å². The van der Waals surface area contributed by atoms with E-state index < -0.39 is 21.8 Å². The number of rotatable bonds is 10. The summed E-state index contributed by atoms with van der Waals surface area (Å²) in [5, 5.41) is 4.57. The van der Waals surface area contributed by atoms with Gasteiger partial charge in [0.25, 0.3) is 15.9 Å². The number of benzene rings is 1. The number of allylic oxidation sites excluding steroid dienone is 5. The van der Waals surface area contributed by atoms with E-state index in [0.29, 0.717) is 50.8 Å². The minimum Gasteiger partial charge on any atom is -0.496 e. The smallest absolute Gasteiger partial charge is 0.265 e. The van der Waals surface area contributed by atoms with Gasteiger partial charge in [-0.2, -0.15) is 0 Å². The number of carbonyl (C=O) groups excluding carboxylic acids is 2. The second kappa shape index (κ2) is 13.0. The lowest BCUT2D eigenvalue weighted by molar-refractivity contribution is -0.135. The highest BCUT2D eigenvalue weighted by molar-refractivity contribution is 7.93. The molecule has 12 heteroatoms. The van der Waals surface area contributed by atoms with Gasteiger partial charge in [0, 0.05) is 74.8 Å². The zero-order valence-electron chi connectivity index (χ0n) is 30.7. The Morgan fingerprint density at radius 1 is 1.04 bits per heavy atom. The van der Waals surface area contributed by atoms with Crippen molar-refractivity contribution in [2.75, 3.05) is 60.7 Å². The third-order valence-electron chi connectivity index (χ3n) is 12.9. The highest BCUT2D eigenvalue weighted by Gasteiger charge is 2.62. The number of carbonyl (C=O) groups is 2. The van der Waals surface area contributed by atoms with Crippen LogP contribution in [0.15, 0.2) is 64.1 Å². The predicted molar refractivity (Wildman–Crippen MR) is 198 cm³/mol. The van der Waals surface area contributed by atoms with Crippen LogP contribution in [-0.2, 0) is 35.6 Å². The Bertz CT molecular complexity index is 2050. The fourth-order valence-corrected chi connectivity index (χ4v) is 10.9. The molecule has 4 atom stereocenters. The number of aromatic nitrogens is 1. The fourth-order valence-electron chi connectivity index (χ4n) is 10.4. The molecule has 1 aromatic heterocycles. The van der Waals surface area contributed by atoms with Crippen molar-refractivity contribution in [2.24, 2.45) is 16.7 Å². The molecule has 278 valence electrons. The highest BCUT2D eigenvalue weighted by Crippen LogP contribution is 2.56. The number of likely N-dealkylation sites (tertiary alicyclic amines) is 1. The van der Waals surface area contributed by atoms with Crippen LogP contribution in [0, 0.1) is 16.7 Å². The summed E-state index contributed by atoms with van der Waals surface area (Å²) in [4.78, 5) is 30.8. The third kappa shape index (κ3) is 5.34. The van der Waals surface area contributed by atoms with Gasteiger partial charge in [-0.15, -0.1) is 0 Å². The molecule has 0 radical (unpaired) electrons. The molecule has 2 amide bonds. The maximum absolute atomic E-state index is 15.1. The molecule has 0 spiro atoms. The van der Waals surface area contributed by atoms with Gasteiger partial charge in [-0.3, -0.25) is 9.59 Å². The van der Waals surface area contributed by atoms with Crippen LogP contribution in [-0.4, -0.2) is 90.4 Å². The molecule has 4 heterocycles. The molecule has 8 rings (SSSR count). The highest BCUT2D eigenvalue weighted by atomic mass is 32.2. The lowest BCUT2D eigenvalue weighted by atomic mass is 9.69. The third-order valence-corrected chi connectivity index (χ3v) is 14.3. The number of amides is 2. The average molecular weight is 731 g/mol. The predicted octanol–water partition coefficient (Wildman–Crippen LogP) is 4.67. The maximum Gasteiger partial charge on any atom is 0.265 e. The standard InChI is InChI=1S/C40H50N4O7S/c1-24(2)52(47,48)42-37(45)35-30-17-44-31(16-29-32(51-5)15-14-26(36(29)44)25-10-7-6-8-11-25)33-27(34(30)35)12-9-13-28(33)38(46)43-20-39(22-49-3)18-41-19-40(39,21-43)23-50-4/h9,12,14-16,25,28,33,41H,1,6-8,10-11,13,17-23H2,2-5H3,(H,42,45)/t28-,33-,39-,40+/m1/s1. The van der Waals surface area contributed by atoms with Gasteiger partial charge >= 0.3 is 0 Å². The van der Waals surface area contributed by atoms with E-state index in [1.165, 1.54) is 31.7 Å². The lowest BCUT2D eigenvalue weighted by Crippen LogP contribution is -2.46. The van der Waals surface area contributed by atoms with Crippen LogP contribution in [0.1, 0.15) is 68.5 Å². The minimum absolute atomic E-state index is 0.0732. The van der Waals surface area contributed by atoms with Crippen molar-refractivity contribution in [3.8, 4) is 5.75 Å². The molecule has 3 aliphatic heterocycles. The summed E-state index contributed by atoms with van der Waals surface area (Å²) in [6.45, 7) is 8.98. The molecule has 2 saturated heterocycles. The van der Waals surface area contributed by atoms with Crippen molar-refractivity contribution in [1.82, 2.24) is 19.5 Å². The fraction of sp³-hybridized carbons (Fsp3) is 0.550. The largest absolute Gasteiger partial charge is 0.496 e. The lowest BCUT2D eigenvalue weighted by Gasteiger charge is -2.36. The molecule has 0 bridgehead atoms. The Hall–Kier alpha value is -3.71. The van der Waals surface area contributed by atoms with Crippen LogP contribution < -0.4 is 14.8 Å². The van der Waals surface area contributed by atoms with Gasteiger partial charge in [-0.1, -0.05) is 44.1 Å². The number of fused-ring (bicyclic) bond motifs is 7. The number of sulfonamides is 1. The zero-order valence-corrected chi connectivity index (χ0v) is 31.5. The minimum atomic E-state index is -4.04. The first kappa shape index (κ1) is 35.3. The number of methoxy groups -OCH3 is 3. The second-order valence-electron chi connectivity index (χ2n) is 15.9. The topological polar surface area (TPSA) is 128 Å². The molecule has 0 unspecified atom stereocenters. The van der Waals surface area contributed by atoms with Gasteiger partial charge in [0.15, 0.2) is 0 Å². The average Bonchev–Trinajstić information content (AvgIpc) is 3.45. The first-order valence-corrected chi connectivity index (χ1v) is 20.0. The molecule has 2 N–H and O–H groups in total. The van der Waals surface area contributed by atoms with E-state index in [1.807, 2.05) is 17.1 Å². The van der Waals surface area contributed by atoms with E-state index in [-0.39, 0.29) is 27.6 Å². The normalized spacial score (nSPS) is 28.3. The number of ether oxygens (including phenoxy) is 3. The van der Waals surface area contributed by atoms with Crippen molar-refractivity contribution in [3.63, 3.8) is 0 Å². The molecule has 3 fully saturated rings. The quantitative estimate of drug-likeness (QED) is 0.361. The van der Waals surface area contributed by atoms with Gasteiger partial charge in [-0.05, 0) is 66.5 Å². The Morgan fingerprint density at radius 3 is 2.37 bits per heavy atom. The molecule has 52 heavy (non-hydrogen) atoms. The Morgan fingerprint density at radius 2 is 1.73 bits per heavy atom. The Kier molecular flexibility index (Phi) is 8.83. The SMILES string of the molecule is C=C(C)S(=O)(=O)NC(=O)C1=C2Cn3c(cc4c(OC)ccc(C5CCCCC5)c43)[C@@H]3C(=C21)C=CC[C@H]3C(=O)N1C[C@@]2(COC)CNC[C@@]2(COC)C1. The number of nitrogens with zero attached hydrogens (tertiary/aromatic N) is 2. The van der Waals surface area contributed by atoms with E-state index in [2.05, 4.69) is 39.4 Å². The molecular weight excluding hydrogens is 681 g/mol. The van der Waals surface area contributed by atoms with Crippen LogP contribution in [0.2, 0.25) is 0 Å². The molecule has 3 aliphatic carbocycles. The zero-order chi connectivity index (χ0) is 36.6. The van der Waals surface area contributed by atoms with Gasteiger partial charge in [0.05, 0.1) is 42.2 Å². The van der Waals surface area contributed by atoms with E-state index in [4.69, 9.17) is 14.2 Å². The van der Waals surface area contributed by atoms with Crippen LogP contribution in [0.3, 0.4) is 0 Å².